The van der Waals surface area contributed by atoms with Crippen molar-refractivity contribution in [3.63, 3.8) is 0 Å². The predicted molar refractivity (Wildman–Crippen MR) is 63.1 cm³/mol. The zero-order valence-corrected chi connectivity index (χ0v) is 11.0. The zero-order chi connectivity index (χ0) is 11.0. The van der Waals surface area contributed by atoms with E-state index in [1.807, 2.05) is 26.0 Å². The van der Waals surface area contributed by atoms with Gasteiger partial charge in [-0.2, -0.15) is 0 Å². The molecule has 2 heterocycles. The van der Waals surface area contributed by atoms with Gasteiger partial charge in [0.1, 0.15) is 6.61 Å². The van der Waals surface area contributed by atoms with Gasteiger partial charge in [0.05, 0.1) is 15.9 Å². The minimum Gasteiger partial charge on any atom is -0.447 e. The lowest BCUT2D eigenvalue weighted by Crippen LogP contribution is -2.33. The summed E-state index contributed by atoms with van der Waals surface area (Å²) < 4.78 is 6.09. The van der Waals surface area contributed by atoms with Gasteiger partial charge in [0.25, 0.3) is 0 Å². The van der Waals surface area contributed by atoms with Crippen LogP contribution >= 0.6 is 27.3 Å². The highest BCUT2D eigenvalue weighted by Crippen LogP contribution is 2.33. The highest BCUT2D eigenvalue weighted by atomic mass is 79.9. The van der Waals surface area contributed by atoms with Crippen molar-refractivity contribution in [1.29, 1.82) is 0 Å². The van der Waals surface area contributed by atoms with Crippen LogP contribution in [0.25, 0.3) is 0 Å². The van der Waals surface area contributed by atoms with Crippen molar-refractivity contribution in [3.8, 4) is 0 Å². The summed E-state index contributed by atoms with van der Waals surface area (Å²) >= 11 is 5.08. The van der Waals surface area contributed by atoms with Gasteiger partial charge < -0.3 is 4.74 Å². The van der Waals surface area contributed by atoms with Gasteiger partial charge in [0.15, 0.2) is 0 Å². The quantitative estimate of drug-likeness (QED) is 0.835. The summed E-state index contributed by atoms with van der Waals surface area (Å²) in [5, 5.41) is 0. The predicted octanol–water partition coefficient (Wildman–Crippen LogP) is 3.41. The Hall–Kier alpha value is -0.550. The molecule has 0 radical (unpaired) electrons. The SMILES string of the molecule is CC1COC(=O)N1C(C)c1ccc(Br)s1. The fraction of sp³-hybridized carbons (Fsp3) is 0.500. The molecular weight excluding hydrogens is 278 g/mol. The molecule has 1 saturated heterocycles. The van der Waals surface area contributed by atoms with Crippen molar-refractivity contribution >= 4 is 33.4 Å². The van der Waals surface area contributed by atoms with Crippen LogP contribution < -0.4 is 0 Å². The van der Waals surface area contributed by atoms with Crippen LogP contribution in [0.4, 0.5) is 4.79 Å². The molecule has 1 aliphatic rings. The van der Waals surface area contributed by atoms with Gasteiger partial charge in [-0.05, 0) is 41.9 Å². The minimum absolute atomic E-state index is 0.0892. The largest absolute Gasteiger partial charge is 0.447 e. The third-order valence-electron chi connectivity index (χ3n) is 2.56. The van der Waals surface area contributed by atoms with E-state index in [2.05, 4.69) is 15.9 Å². The first-order chi connectivity index (χ1) is 7.09. The van der Waals surface area contributed by atoms with Gasteiger partial charge >= 0.3 is 6.09 Å². The Morgan fingerprint density at radius 1 is 1.67 bits per heavy atom. The molecule has 0 spiro atoms. The van der Waals surface area contributed by atoms with Crippen LogP contribution in [-0.2, 0) is 4.74 Å². The molecule has 1 aromatic rings. The molecule has 1 amide bonds. The molecule has 15 heavy (non-hydrogen) atoms. The van der Waals surface area contributed by atoms with Crippen molar-refractivity contribution < 1.29 is 9.53 Å². The summed E-state index contributed by atoms with van der Waals surface area (Å²) in [5.41, 5.74) is 0. The van der Waals surface area contributed by atoms with E-state index in [1.165, 1.54) is 4.88 Å². The molecule has 3 nitrogen and oxygen atoms in total. The molecular formula is C10H12BrNO2S. The Balaban J connectivity index is 2.20. The topological polar surface area (TPSA) is 29.5 Å². The summed E-state index contributed by atoms with van der Waals surface area (Å²) in [6.45, 7) is 4.53. The number of cyclic esters (lactones) is 1. The van der Waals surface area contributed by atoms with Gasteiger partial charge in [-0.25, -0.2) is 4.79 Å². The second-order valence-electron chi connectivity index (χ2n) is 3.65. The third-order valence-corrected chi connectivity index (χ3v) is 4.35. The molecule has 0 N–H and O–H groups in total. The van der Waals surface area contributed by atoms with E-state index in [4.69, 9.17) is 4.74 Å². The Morgan fingerprint density at radius 2 is 2.40 bits per heavy atom. The number of rotatable bonds is 2. The molecule has 1 fully saturated rings. The minimum atomic E-state index is -0.209. The lowest BCUT2D eigenvalue weighted by molar-refractivity contribution is 0.148. The van der Waals surface area contributed by atoms with E-state index >= 15 is 0 Å². The first kappa shape index (κ1) is 11.0. The molecule has 0 bridgehead atoms. The fourth-order valence-electron chi connectivity index (χ4n) is 1.76. The number of carbonyl (C=O) groups is 1. The maximum Gasteiger partial charge on any atom is 0.410 e. The van der Waals surface area contributed by atoms with E-state index in [0.717, 1.165) is 3.79 Å². The highest BCUT2D eigenvalue weighted by Gasteiger charge is 2.34. The molecule has 2 atom stereocenters. The first-order valence-corrected chi connectivity index (χ1v) is 6.41. The Morgan fingerprint density at radius 3 is 2.87 bits per heavy atom. The van der Waals surface area contributed by atoms with Gasteiger partial charge in [-0.3, -0.25) is 4.90 Å². The number of carbonyl (C=O) groups excluding carboxylic acids is 1. The molecule has 0 saturated carbocycles. The van der Waals surface area contributed by atoms with Gasteiger partial charge in [-0.1, -0.05) is 0 Å². The van der Waals surface area contributed by atoms with Crippen LogP contribution in [0.5, 0.6) is 0 Å². The Kier molecular flexibility index (Phi) is 3.02. The number of nitrogens with zero attached hydrogens (tertiary/aromatic N) is 1. The molecule has 1 aromatic heterocycles. The molecule has 0 aromatic carbocycles. The van der Waals surface area contributed by atoms with Crippen molar-refractivity contribution in [1.82, 2.24) is 4.90 Å². The maximum atomic E-state index is 11.5. The Bertz CT molecular complexity index is 379. The van der Waals surface area contributed by atoms with Crippen LogP contribution in [-0.4, -0.2) is 23.6 Å². The number of hydrogen-bond acceptors (Lipinski definition) is 3. The first-order valence-electron chi connectivity index (χ1n) is 4.80. The number of thiophene rings is 1. The lowest BCUT2D eigenvalue weighted by Gasteiger charge is -2.24. The summed E-state index contributed by atoms with van der Waals surface area (Å²) in [7, 11) is 0. The molecule has 0 aliphatic carbocycles. The second kappa shape index (κ2) is 4.14. The second-order valence-corrected chi connectivity index (χ2v) is 6.15. The third kappa shape index (κ3) is 2.03. The van der Waals surface area contributed by atoms with Crippen molar-refractivity contribution in [2.24, 2.45) is 0 Å². The van der Waals surface area contributed by atoms with Crippen LogP contribution in [0.3, 0.4) is 0 Å². The number of halogens is 1. The average molecular weight is 290 g/mol. The fourth-order valence-corrected chi connectivity index (χ4v) is 3.23. The maximum absolute atomic E-state index is 11.5. The van der Waals surface area contributed by atoms with Crippen molar-refractivity contribution in [3.05, 3.63) is 20.8 Å². The smallest absolute Gasteiger partial charge is 0.410 e. The van der Waals surface area contributed by atoms with Crippen LogP contribution in [0.1, 0.15) is 24.8 Å². The van der Waals surface area contributed by atoms with Crippen LogP contribution in [0.15, 0.2) is 15.9 Å². The van der Waals surface area contributed by atoms with Crippen molar-refractivity contribution in [2.45, 2.75) is 25.9 Å². The standard InChI is InChI=1S/C10H12BrNO2S/c1-6-5-14-10(13)12(6)7(2)8-3-4-9(11)15-8/h3-4,6-7H,5H2,1-2H3. The normalized spacial score (nSPS) is 23.0. The lowest BCUT2D eigenvalue weighted by atomic mass is 10.2. The van der Waals surface area contributed by atoms with E-state index in [0.29, 0.717) is 6.61 Å². The van der Waals surface area contributed by atoms with E-state index in [1.54, 1.807) is 16.2 Å². The average Bonchev–Trinajstić information content (AvgIpc) is 2.73. The molecule has 1 aliphatic heterocycles. The number of hydrogen-bond donors (Lipinski definition) is 0. The molecule has 2 rings (SSSR count). The van der Waals surface area contributed by atoms with Gasteiger partial charge in [0, 0.05) is 4.88 Å². The highest BCUT2D eigenvalue weighted by molar-refractivity contribution is 9.11. The van der Waals surface area contributed by atoms with Crippen LogP contribution in [0, 0.1) is 0 Å². The van der Waals surface area contributed by atoms with Gasteiger partial charge in [-0.15, -0.1) is 11.3 Å². The van der Waals surface area contributed by atoms with E-state index in [9.17, 15) is 4.79 Å². The van der Waals surface area contributed by atoms with E-state index < -0.39 is 0 Å². The zero-order valence-electron chi connectivity index (χ0n) is 8.57. The molecule has 5 heteroatoms. The molecule has 82 valence electrons. The van der Waals surface area contributed by atoms with Crippen molar-refractivity contribution in [2.75, 3.05) is 6.61 Å². The summed E-state index contributed by atoms with van der Waals surface area (Å²) in [4.78, 5) is 14.5. The summed E-state index contributed by atoms with van der Waals surface area (Å²) in [6, 6.07) is 4.29. The Labute approximate surface area is 101 Å². The van der Waals surface area contributed by atoms with Crippen LogP contribution in [0.2, 0.25) is 0 Å². The number of ether oxygens (including phenoxy) is 1. The molecule has 2 unspecified atom stereocenters. The summed E-state index contributed by atoms with van der Waals surface area (Å²) in [6.07, 6.45) is -0.209. The number of amides is 1. The van der Waals surface area contributed by atoms with Gasteiger partial charge in [0.2, 0.25) is 0 Å². The summed E-state index contributed by atoms with van der Waals surface area (Å²) in [5.74, 6) is 0. The monoisotopic (exact) mass is 289 g/mol. The van der Waals surface area contributed by atoms with E-state index in [-0.39, 0.29) is 18.2 Å².